The summed E-state index contributed by atoms with van der Waals surface area (Å²) in [6, 6.07) is 5.78. The molecule has 6 heteroatoms. The molecule has 2 aromatic heterocycles. The molecule has 98 valence electrons. The molecule has 0 fully saturated rings. The Hall–Kier alpha value is -2.94. The zero-order valence-corrected chi connectivity index (χ0v) is 10.3. The molecule has 0 radical (unpaired) electrons. The average molecular weight is 268 g/mol. The number of aromatic nitrogens is 4. The van der Waals surface area contributed by atoms with Gasteiger partial charge in [0.2, 0.25) is 0 Å². The van der Waals surface area contributed by atoms with Gasteiger partial charge in [-0.2, -0.15) is 5.10 Å². The van der Waals surface area contributed by atoms with Crippen molar-refractivity contribution in [2.45, 2.75) is 6.54 Å². The fourth-order valence-electron chi connectivity index (χ4n) is 1.93. The van der Waals surface area contributed by atoms with E-state index in [4.69, 9.17) is 6.42 Å². The van der Waals surface area contributed by atoms with E-state index >= 15 is 0 Å². The summed E-state index contributed by atoms with van der Waals surface area (Å²) in [5.41, 5.74) is 0.791. The number of benzene rings is 1. The SMILES string of the molecule is C#CCn1cnc2c(cnn2-c2ccc(F)cc2)c1=O. The molecular formula is C14H9FN4O. The van der Waals surface area contributed by atoms with Gasteiger partial charge in [0.1, 0.15) is 17.5 Å². The van der Waals surface area contributed by atoms with Gasteiger partial charge in [-0.15, -0.1) is 6.42 Å². The normalized spacial score (nSPS) is 10.6. The smallest absolute Gasteiger partial charge is 0.265 e. The standard InChI is InChI=1S/C14H9FN4O/c1-2-7-18-9-16-13-12(14(18)20)8-17-19(13)11-5-3-10(15)4-6-11/h1,3-6,8-9H,7H2. The molecule has 5 nitrogen and oxygen atoms in total. The summed E-state index contributed by atoms with van der Waals surface area (Å²) >= 11 is 0. The predicted octanol–water partition coefficient (Wildman–Crippen LogP) is 1.35. The summed E-state index contributed by atoms with van der Waals surface area (Å²) < 4.78 is 15.7. The molecule has 0 aliphatic heterocycles. The topological polar surface area (TPSA) is 52.7 Å². The molecule has 0 aliphatic carbocycles. The van der Waals surface area contributed by atoms with Crippen molar-refractivity contribution < 1.29 is 4.39 Å². The van der Waals surface area contributed by atoms with Crippen LogP contribution < -0.4 is 5.56 Å². The van der Waals surface area contributed by atoms with Crippen molar-refractivity contribution in [3.05, 3.63) is 53.0 Å². The molecular weight excluding hydrogens is 259 g/mol. The van der Waals surface area contributed by atoms with Crippen molar-refractivity contribution in [1.29, 1.82) is 0 Å². The van der Waals surface area contributed by atoms with Crippen LogP contribution in [0, 0.1) is 18.2 Å². The van der Waals surface area contributed by atoms with Crippen molar-refractivity contribution in [3.8, 4) is 18.0 Å². The van der Waals surface area contributed by atoms with Gasteiger partial charge >= 0.3 is 0 Å². The average Bonchev–Trinajstić information content (AvgIpc) is 2.88. The van der Waals surface area contributed by atoms with Crippen LogP contribution in [0.3, 0.4) is 0 Å². The second-order valence-electron chi connectivity index (χ2n) is 4.15. The van der Waals surface area contributed by atoms with Gasteiger partial charge in [0, 0.05) is 0 Å². The highest BCUT2D eigenvalue weighted by atomic mass is 19.1. The lowest BCUT2D eigenvalue weighted by molar-refractivity contribution is 0.627. The molecule has 2 heterocycles. The lowest BCUT2D eigenvalue weighted by Crippen LogP contribution is -2.19. The highest BCUT2D eigenvalue weighted by Crippen LogP contribution is 2.13. The number of hydrogen-bond acceptors (Lipinski definition) is 3. The molecule has 0 spiro atoms. The van der Waals surface area contributed by atoms with Crippen LogP contribution in [-0.2, 0) is 6.54 Å². The minimum atomic E-state index is -0.338. The molecule has 3 rings (SSSR count). The first-order valence-corrected chi connectivity index (χ1v) is 5.83. The molecule has 0 bridgehead atoms. The van der Waals surface area contributed by atoms with E-state index in [1.54, 1.807) is 12.1 Å². The second-order valence-corrected chi connectivity index (χ2v) is 4.15. The number of rotatable bonds is 2. The summed E-state index contributed by atoms with van der Waals surface area (Å²) in [5.74, 6) is 2.05. The van der Waals surface area contributed by atoms with E-state index in [-0.39, 0.29) is 17.9 Å². The minimum Gasteiger partial charge on any atom is -0.287 e. The number of nitrogens with zero attached hydrogens (tertiary/aromatic N) is 4. The highest BCUT2D eigenvalue weighted by Gasteiger charge is 2.10. The molecule has 1 aromatic carbocycles. The van der Waals surface area contributed by atoms with Gasteiger partial charge in [0.25, 0.3) is 5.56 Å². The van der Waals surface area contributed by atoms with Crippen molar-refractivity contribution in [2.75, 3.05) is 0 Å². The third kappa shape index (κ3) is 1.86. The Morgan fingerprint density at radius 2 is 2.05 bits per heavy atom. The van der Waals surface area contributed by atoms with Crippen LogP contribution in [0.4, 0.5) is 4.39 Å². The van der Waals surface area contributed by atoms with Gasteiger partial charge in [0.15, 0.2) is 5.65 Å². The molecule has 0 amide bonds. The first-order valence-electron chi connectivity index (χ1n) is 5.83. The first-order chi connectivity index (χ1) is 9.70. The van der Waals surface area contributed by atoms with Crippen LogP contribution in [0.15, 0.2) is 41.6 Å². The molecule has 20 heavy (non-hydrogen) atoms. The van der Waals surface area contributed by atoms with Crippen molar-refractivity contribution >= 4 is 11.0 Å². The Kier molecular flexibility index (Phi) is 2.80. The lowest BCUT2D eigenvalue weighted by atomic mass is 10.3. The van der Waals surface area contributed by atoms with Crippen molar-refractivity contribution in [3.63, 3.8) is 0 Å². The predicted molar refractivity (Wildman–Crippen MR) is 71.9 cm³/mol. The maximum absolute atomic E-state index is 12.9. The van der Waals surface area contributed by atoms with E-state index < -0.39 is 0 Å². The monoisotopic (exact) mass is 268 g/mol. The van der Waals surface area contributed by atoms with Gasteiger partial charge in [-0.1, -0.05) is 5.92 Å². The van der Waals surface area contributed by atoms with Crippen LogP contribution in [0.25, 0.3) is 16.7 Å². The van der Waals surface area contributed by atoms with E-state index in [0.29, 0.717) is 16.7 Å². The highest BCUT2D eigenvalue weighted by molar-refractivity contribution is 5.74. The van der Waals surface area contributed by atoms with Gasteiger partial charge in [0.05, 0.1) is 18.4 Å². The Balaban J connectivity index is 2.20. The summed E-state index contributed by atoms with van der Waals surface area (Å²) in [6.07, 6.45) is 8.00. The Morgan fingerprint density at radius 3 is 2.75 bits per heavy atom. The zero-order chi connectivity index (χ0) is 14.1. The molecule has 0 N–H and O–H groups in total. The summed E-state index contributed by atoms with van der Waals surface area (Å²) in [4.78, 5) is 16.3. The lowest BCUT2D eigenvalue weighted by Gasteiger charge is -2.03. The number of hydrogen-bond donors (Lipinski definition) is 0. The third-order valence-corrected chi connectivity index (χ3v) is 2.89. The fraction of sp³-hybridized carbons (Fsp3) is 0.0714. The van der Waals surface area contributed by atoms with Crippen molar-refractivity contribution in [1.82, 2.24) is 19.3 Å². The zero-order valence-electron chi connectivity index (χ0n) is 10.3. The number of fused-ring (bicyclic) bond motifs is 1. The van der Waals surface area contributed by atoms with Gasteiger partial charge in [-0.05, 0) is 24.3 Å². The second kappa shape index (κ2) is 4.63. The summed E-state index contributed by atoms with van der Waals surface area (Å²) in [5, 5.41) is 4.49. The third-order valence-electron chi connectivity index (χ3n) is 2.89. The molecule has 0 aliphatic rings. The number of halogens is 1. The quantitative estimate of drug-likeness (QED) is 0.659. The molecule has 0 saturated heterocycles. The maximum atomic E-state index is 12.9. The van der Waals surface area contributed by atoms with Crippen LogP contribution in [0.1, 0.15) is 0 Å². The molecule has 0 unspecified atom stereocenters. The first kappa shape index (κ1) is 12.1. The van der Waals surface area contributed by atoms with Gasteiger partial charge in [-0.3, -0.25) is 9.36 Å². The van der Waals surface area contributed by atoms with E-state index in [0.717, 1.165) is 0 Å². The largest absolute Gasteiger partial charge is 0.287 e. The van der Waals surface area contributed by atoms with E-state index in [1.165, 1.54) is 33.9 Å². The van der Waals surface area contributed by atoms with Crippen molar-refractivity contribution in [2.24, 2.45) is 0 Å². The Morgan fingerprint density at radius 1 is 1.30 bits per heavy atom. The van der Waals surface area contributed by atoms with Gasteiger partial charge < -0.3 is 0 Å². The van der Waals surface area contributed by atoms with E-state index in [1.807, 2.05) is 0 Å². The summed E-state index contributed by atoms with van der Waals surface area (Å²) in [7, 11) is 0. The molecule has 0 saturated carbocycles. The minimum absolute atomic E-state index is 0.156. The summed E-state index contributed by atoms with van der Waals surface area (Å²) in [6.45, 7) is 0.156. The molecule has 3 aromatic rings. The maximum Gasteiger partial charge on any atom is 0.265 e. The van der Waals surface area contributed by atoms with E-state index in [2.05, 4.69) is 16.0 Å². The Bertz CT molecular complexity index is 871. The van der Waals surface area contributed by atoms with Gasteiger partial charge in [-0.25, -0.2) is 14.1 Å². The van der Waals surface area contributed by atoms with E-state index in [9.17, 15) is 9.18 Å². The number of terminal acetylenes is 1. The van der Waals surface area contributed by atoms with Crippen LogP contribution in [0.2, 0.25) is 0 Å². The van der Waals surface area contributed by atoms with Crippen LogP contribution in [0.5, 0.6) is 0 Å². The Labute approximate surface area is 113 Å². The van der Waals surface area contributed by atoms with Crippen LogP contribution in [-0.4, -0.2) is 19.3 Å². The fourth-order valence-corrected chi connectivity index (χ4v) is 1.93. The van der Waals surface area contributed by atoms with Crippen LogP contribution >= 0.6 is 0 Å². The molecule has 0 atom stereocenters.